The summed E-state index contributed by atoms with van der Waals surface area (Å²) >= 11 is 0. The van der Waals surface area contributed by atoms with Crippen LogP contribution in [0.5, 0.6) is 0 Å². The minimum atomic E-state index is -0.350. The Morgan fingerprint density at radius 3 is 1.78 bits per heavy atom. The lowest BCUT2D eigenvalue weighted by Gasteiger charge is -2.27. The number of methoxy groups -OCH3 is 1. The number of nitrogens with zero attached hydrogens (tertiary/aromatic N) is 1. The number of rotatable bonds is 18. The van der Waals surface area contributed by atoms with E-state index in [0.717, 1.165) is 31.3 Å². The van der Waals surface area contributed by atoms with Gasteiger partial charge in [-0.3, -0.25) is 4.79 Å². The molecule has 232 valence electrons. The Kier molecular flexibility index (Phi) is 23.3. The van der Waals surface area contributed by atoms with Gasteiger partial charge in [-0.25, -0.2) is 4.79 Å². The second-order valence-corrected chi connectivity index (χ2v) is 10.7. The van der Waals surface area contributed by atoms with Gasteiger partial charge in [0.25, 0.3) is 5.91 Å². The summed E-state index contributed by atoms with van der Waals surface area (Å²) in [6, 6.07) is 15.7. The zero-order chi connectivity index (χ0) is 30.8. The third-order valence-corrected chi connectivity index (χ3v) is 6.90. The van der Waals surface area contributed by atoms with Gasteiger partial charge < -0.3 is 24.4 Å². The number of likely N-dealkylation sites (N-methyl/N-ethyl adjacent to an activating group) is 1. The molecule has 0 saturated carbocycles. The molecule has 0 spiro atoms. The van der Waals surface area contributed by atoms with Crippen molar-refractivity contribution >= 4 is 17.6 Å². The van der Waals surface area contributed by atoms with Gasteiger partial charge in [0.2, 0.25) is 0 Å². The van der Waals surface area contributed by atoms with E-state index in [4.69, 9.17) is 14.6 Å². The molecular formula is C34H57N2O5+. The fraction of sp³-hybridized carbons (Fsp3) is 0.588. The summed E-state index contributed by atoms with van der Waals surface area (Å²) in [7, 11) is 6.98. The van der Waals surface area contributed by atoms with Crippen LogP contribution in [0.4, 0.5) is 5.69 Å². The minimum absolute atomic E-state index is 0.185. The second-order valence-electron chi connectivity index (χ2n) is 10.7. The normalized spacial score (nSPS) is 10.5. The van der Waals surface area contributed by atoms with Crippen molar-refractivity contribution in [3.63, 3.8) is 0 Å². The average molecular weight is 574 g/mol. The van der Waals surface area contributed by atoms with Crippen LogP contribution >= 0.6 is 0 Å². The van der Waals surface area contributed by atoms with Gasteiger partial charge in [-0.2, -0.15) is 0 Å². The van der Waals surface area contributed by atoms with Crippen molar-refractivity contribution in [3.8, 4) is 0 Å². The number of quaternary nitrogens is 1. The van der Waals surface area contributed by atoms with Crippen LogP contribution < -0.4 is 5.32 Å². The number of aliphatic hydroxyl groups is 1. The maximum absolute atomic E-state index is 12.1. The molecule has 7 nitrogen and oxygen atoms in total. The molecular weight excluding hydrogens is 516 g/mol. The molecule has 0 aromatic heterocycles. The first-order valence-corrected chi connectivity index (χ1v) is 15.2. The molecule has 0 radical (unpaired) electrons. The van der Waals surface area contributed by atoms with Crippen molar-refractivity contribution in [3.05, 3.63) is 65.7 Å². The van der Waals surface area contributed by atoms with Crippen LogP contribution in [-0.2, 0) is 9.47 Å². The summed E-state index contributed by atoms with van der Waals surface area (Å²) in [5, 5.41) is 9.80. The third kappa shape index (κ3) is 19.9. The van der Waals surface area contributed by atoms with Crippen LogP contribution in [0.25, 0.3) is 0 Å². The van der Waals surface area contributed by atoms with Crippen molar-refractivity contribution in [2.24, 2.45) is 0 Å². The van der Waals surface area contributed by atoms with Crippen LogP contribution in [0.2, 0.25) is 0 Å². The lowest BCUT2D eigenvalue weighted by molar-refractivity contribution is -0.888. The molecule has 0 fully saturated rings. The number of amides is 1. The molecule has 0 aliphatic carbocycles. The Labute approximate surface area is 249 Å². The van der Waals surface area contributed by atoms with E-state index in [1.807, 2.05) is 18.2 Å². The van der Waals surface area contributed by atoms with E-state index in [-0.39, 0.29) is 11.9 Å². The number of carbonyl (C=O) groups excluding carboxylic acids is 2. The summed E-state index contributed by atoms with van der Waals surface area (Å²) in [6.07, 6.45) is 14.0. The molecule has 2 N–H and O–H groups in total. The summed E-state index contributed by atoms with van der Waals surface area (Å²) in [4.78, 5) is 24.1. The maximum Gasteiger partial charge on any atom is 0.338 e. The van der Waals surface area contributed by atoms with E-state index in [2.05, 4.69) is 33.3 Å². The first kappa shape index (κ1) is 38.3. The monoisotopic (exact) mass is 573 g/mol. The number of hydrogen-bond acceptors (Lipinski definition) is 5. The second kappa shape index (κ2) is 25.0. The van der Waals surface area contributed by atoms with E-state index in [0.29, 0.717) is 23.4 Å². The van der Waals surface area contributed by atoms with Crippen molar-refractivity contribution in [2.45, 2.75) is 78.1 Å². The SMILES string of the molecule is CCCCCCCCCCCCOC.CC[N+](C)(C)CCOC(=O)c1ccc(NC(=O)c2ccccc2)cc1.CO. The van der Waals surface area contributed by atoms with Crippen LogP contribution in [0.1, 0.15) is 98.8 Å². The smallest absolute Gasteiger partial charge is 0.338 e. The number of hydrogen-bond donors (Lipinski definition) is 2. The molecule has 41 heavy (non-hydrogen) atoms. The van der Waals surface area contributed by atoms with E-state index in [1.54, 1.807) is 43.5 Å². The van der Waals surface area contributed by atoms with Gasteiger partial charge in [0, 0.05) is 32.1 Å². The molecule has 0 bridgehead atoms. The molecule has 0 aliphatic rings. The molecule has 0 heterocycles. The topological polar surface area (TPSA) is 84.9 Å². The number of nitrogens with one attached hydrogen (secondary N) is 1. The van der Waals surface area contributed by atoms with E-state index >= 15 is 0 Å². The van der Waals surface area contributed by atoms with Crippen molar-refractivity contribution in [1.29, 1.82) is 0 Å². The Morgan fingerprint density at radius 1 is 0.732 bits per heavy atom. The van der Waals surface area contributed by atoms with E-state index in [9.17, 15) is 9.59 Å². The third-order valence-electron chi connectivity index (χ3n) is 6.90. The van der Waals surface area contributed by atoms with Gasteiger partial charge >= 0.3 is 5.97 Å². The highest BCUT2D eigenvalue weighted by atomic mass is 16.5. The van der Waals surface area contributed by atoms with Gasteiger partial charge in [0.15, 0.2) is 0 Å². The highest BCUT2D eigenvalue weighted by molar-refractivity contribution is 6.04. The molecule has 2 rings (SSSR count). The van der Waals surface area contributed by atoms with Gasteiger partial charge in [-0.15, -0.1) is 0 Å². The molecule has 7 heteroatoms. The number of ether oxygens (including phenoxy) is 2. The summed E-state index contributed by atoms with van der Waals surface area (Å²) in [5.74, 6) is -0.535. The number of esters is 1. The Morgan fingerprint density at radius 2 is 1.27 bits per heavy atom. The summed E-state index contributed by atoms with van der Waals surface area (Å²) < 4.78 is 11.1. The standard InChI is InChI=1S/C20H24N2O3.C13H28O.CH4O/c1-4-22(2,3)14-15-25-20(24)17-10-12-18(13-11-17)21-19(23)16-8-6-5-7-9-16;1-3-4-5-6-7-8-9-10-11-12-13-14-2;1-2/h5-13H,4,14-15H2,1-3H3;3-13H2,1-2H3;2H,1H3/p+1. The minimum Gasteiger partial charge on any atom is -0.456 e. The molecule has 2 aromatic rings. The number of benzene rings is 2. The van der Waals surface area contributed by atoms with Crippen molar-refractivity contribution < 1.29 is 28.7 Å². The van der Waals surface area contributed by atoms with Crippen LogP contribution in [0, 0.1) is 0 Å². The number of carbonyl (C=O) groups is 2. The lowest BCUT2D eigenvalue weighted by Crippen LogP contribution is -2.42. The van der Waals surface area contributed by atoms with Crippen LogP contribution in [-0.4, -0.2) is 76.1 Å². The number of anilines is 1. The van der Waals surface area contributed by atoms with Gasteiger partial charge in [0.05, 0.1) is 26.2 Å². The highest BCUT2D eigenvalue weighted by Gasteiger charge is 2.14. The lowest BCUT2D eigenvalue weighted by atomic mass is 10.1. The fourth-order valence-electron chi connectivity index (χ4n) is 3.84. The Balaban J connectivity index is 0.000000853. The first-order valence-electron chi connectivity index (χ1n) is 15.2. The van der Waals surface area contributed by atoms with Crippen LogP contribution in [0.3, 0.4) is 0 Å². The molecule has 0 atom stereocenters. The molecule has 0 saturated heterocycles. The van der Waals surface area contributed by atoms with Crippen LogP contribution in [0.15, 0.2) is 54.6 Å². The van der Waals surface area contributed by atoms with E-state index in [1.165, 1.54) is 64.2 Å². The Bertz CT molecular complexity index is 889. The average Bonchev–Trinajstić information content (AvgIpc) is 3.00. The predicted molar refractivity (Wildman–Crippen MR) is 170 cm³/mol. The summed E-state index contributed by atoms with van der Waals surface area (Å²) in [5.41, 5.74) is 1.69. The van der Waals surface area contributed by atoms with E-state index < -0.39 is 0 Å². The van der Waals surface area contributed by atoms with Crippen molar-refractivity contribution in [1.82, 2.24) is 0 Å². The van der Waals surface area contributed by atoms with Gasteiger partial charge in [-0.1, -0.05) is 82.9 Å². The van der Waals surface area contributed by atoms with Gasteiger partial charge in [0.1, 0.15) is 13.2 Å². The molecule has 2 aromatic carbocycles. The zero-order valence-electron chi connectivity index (χ0n) is 26.6. The predicted octanol–water partition coefficient (Wildman–Crippen LogP) is 7.35. The summed E-state index contributed by atoms with van der Waals surface area (Å²) in [6.45, 7) is 7.45. The maximum atomic E-state index is 12.1. The Hall–Kier alpha value is -2.74. The quantitative estimate of drug-likeness (QED) is 0.111. The molecule has 0 aliphatic heterocycles. The number of aliphatic hydroxyl groups excluding tert-OH is 1. The highest BCUT2D eigenvalue weighted by Crippen LogP contribution is 2.13. The zero-order valence-corrected chi connectivity index (χ0v) is 26.6. The molecule has 1 amide bonds. The number of unbranched alkanes of at least 4 members (excludes halogenated alkanes) is 9. The first-order chi connectivity index (χ1) is 19.8. The largest absolute Gasteiger partial charge is 0.456 e. The van der Waals surface area contributed by atoms with Gasteiger partial charge in [-0.05, 0) is 49.7 Å². The molecule has 0 unspecified atom stereocenters. The fourth-order valence-corrected chi connectivity index (χ4v) is 3.84. The van der Waals surface area contributed by atoms with Crippen molar-refractivity contribution in [2.75, 3.05) is 59.9 Å².